The molecule has 1 heterocycles. The molecule has 7 heteroatoms. The van der Waals surface area contributed by atoms with Gasteiger partial charge in [-0.2, -0.15) is 12.7 Å². The minimum Gasteiger partial charge on any atom is -0.446 e. The van der Waals surface area contributed by atoms with Gasteiger partial charge in [0, 0.05) is 10.7 Å². The van der Waals surface area contributed by atoms with E-state index in [9.17, 15) is 13.2 Å². The standard InChI is InChI=1S/C7H12ClNO4S/c1-5(2)3-6-4-13-7(10)9(6)14(8,11)12/h5-6H,3-4H2,1-2H3. The number of amides is 1. The Morgan fingerprint density at radius 1 is 1.64 bits per heavy atom. The third kappa shape index (κ3) is 2.51. The van der Waals surface area contributed by atoms with Crippen molar-refractivity contribution < 1.29 is 17.9 Å². The zero-order valence-electron chi connectivity index (χ0n) is 7.94. The molecule has 14 heavy (non-hydrogen) atoms. The van der Waals surface area contributed by atoms with E-state index in [0.29, 0.717) is 10.7 Å². The SMILES string of the molecule is CC(C)CC1COC(=O)N1S(=O)(=O)Cl. The number of hydrogen-bond donors (Lipinski definition) is 0. The zero-order chi connectivity index (χ0) is 10.9. The lowest BCUT2D eigenvalue weighted by atomic mass is 10.1. The lowest BCUT2D eigenvalue weighted by Crippen LogP contribution is -2.36. The first-order chi connectivity index (χ1) is 6.32. The molecule has 1 amide bonds. The number of hydrogen-bond acceptors (Lipinski definition) is 4. The first kappa shape index (κ1) is 11.6. The Hall–Kier alpha value is -0.490. The van der Waals surface area contributed by atoms with Crippen molar-refractivity contribution in [2.24, 2.45) is 5.92 Å². The lowest BCUT2D eigenvalue weighted by Gasteiger charge is -2.18. The van der Waals surface area contributed by atoms with Gasteiger partial charge >= 0.3 is 15.3 Å². The van der Waals surface area contributed by atoms with Crippen molar-refractivity contribution in [2.45, 2.75) is 26.3 Å². The molecule has 0 bridgehead atoms. The third-order valence-electron chi connectivity index (χ3n) is 1.89. The van der Waals surface area contributed by atoms with E-state index < -0.39 is 21.4 Å². The Labute approximate surface area is 87.5 Å². The number of halogens is 1. The predicted octanol–water partition coefficient (Wildman–Crippen LogP) is 1.34. The highest BCUT2D eigenvalue weighted by atomic mass is 35.7. The Kier molecular flexibility index (Phi) is 3.26. The summed E-state index contributed by atoms with van der Waals surface area (Å²) in [4.78, 5) is 11.1. The van der Waals surface area contributed by atoms with Gasteiger partial charge in [0.25, 0.3) is 0 Å². The molecule has 0 radical (unpaired) electrons. The van der Waals surface area contributed by atoms with Crippen LogP contribution < -0.4 is 0 Å². The van der Waals surface area contributed by atoms with E-state index in [1.54, 1.807) is 0 Å². The van der Waals surface area contributed by atoms with Crippen LogP contribution in [0.25, 0.3) is 0 Å². The highest BCUT2D eigenvalue weighted by Crippen LogP contribution is 2.24. The Morgan fingerprint density at radius 2 is 2.21 bits per heavy atom. The molecule has 0 aromatic rings. The van der Waals surface area contributed by atoms with Crippen LogP contribution in [0, 0.1) is 5.92 Å². The molecular formula is C7H12ClNO4S. The van der Waals surface area contributed by atoms with Crippen molar-refractivity contribution in [1.29, 1.82) is 0 Å². The van der Waals surface area contributed by atoms with Gasteiger partial charge in [0.05, 0.1) is 6.04 Å². The number of carbonyl (C=O) groups excluding carboxylic acids is 1. The van der Waals surface area contributed by atoms with Crippen molar-refractivity contribution in [2.75, 3.05) is 6.61 Å². The zero-order valence-corrected chi connectivity index (χ0v) is 9.51. The van der Waals surface area contributed by atoms with Gasteiger partial charge in [-0.05, 0) is 12.3 Å². The van der Waals surface area contributed by atoms with Crippen molar-refractivity contribution in [3.63, 3.8) is 0 Å². The maximum absolute atomic E-state index is 11.1. The monoisotopic (exact) mass is 241 g/mol. The van der Waals surface area contributed by atoms with E-state index in [1.165, 1.54) is 0 Å². The van der Waals surface area contributed by atoms with Gasteiger partial charge in [-0.25, -0.2) is 4.79 Å². The average molecular weight is 242 g/mol. The fourth-order valence-electron chi connectivity index (χ4n) is 1.42. The molecule has 1 fully saturated rings. The van der Waals surface area contributed by atoms with Crippen molar-refractivity contribution >= 4 is 26.0 Å². The molecule has 1 aliphatic rings. The second-order valence-corrected chi connectivity index (χ2v) is 5.99. The summed E-state index contributed by atoms with van der Waals surface area (Å²) in [5, 5.41) is 0. The molecule has 1 saturated heterocycles. The summed E-state index contributed by atoms with van der Waals surface area (Å²) >= 11 is 0. The summed E-state index contributed by atoms with van der Waals surface area (Å²) in [6, 6.07) is -0.468. The van der Waals surface area contributed by atoms with Gasteiger partial charge in [-0.1, -0.05) is 13.8 Å². The molecule has 1 unspecified atom stereocenters. The molecule has 0 aromatic carbocycles. The Balaban J connectivity index is 2.83. The maximum Gasteiger partial charge on any atom is 0.424 e. The molecule has 82 valence electrons. The van der Waals surface area contributed by atoms with E-state index in [-0.39, 0.29) is 12.5 Å². The fourth-order valence-corrected chi connectivity index (χ4v) is 2.66. The highest BCUT2D eigenvalue weighted by molar-refractivity contribution is 8.12. The quantitative estimate of drug-likeness (QED) is 0.700. The molecule has 0 spiro atoms. The Bertz CT molecular complexity index is 327. The van der Waals surface area contributed by atoms with Gasteiger partial charge in [-0.15, -0.1) is 0 Å². The number of ether oxygens (including phenoxy) is 1. The van der Waals surface area contributed by atoms with Gasteiger partial charge in [0.15, 0.2) is 0 Å². The molecule has 1 atom stereocenters. The Morgan fingerprint density at radius 3 is 2.64 bits per heavy atom. The van der Waals surface area contributed by atoms with Crippen LogP contribution in [0.3, 0.4) is 0 Å². The summed E-state index contributed by atoms with van der Waals surface area (Å²) in [7, 11) is 1.09. The minimum absolute atomic E-state index is 0.0863. The van der Waals surface area contributed by atoms with E-state index in [4.69, 9.17) is 10.7 Å². The van der Waals surface area contributed by atoms with Crippen LogP contribution in [0.4, 0.5) is 4.79 Å². The first-order valence-electron chi connectivity index (χ1n) is 4.23. The van der Waals surface area contributed by atoms with Crippen molar-refractivity contribution in [1.82, 2.24) is 4.31 Å². The second-order valence-electron chi connectivity index (χ2n) is 3.60. The second kappa shape index (κ2) is 3.94. The summed E-state index contributed by atoms with van der Waals surface area (Å²) in [6.45, 7) is 3.95. The van der Waals surface area contributed by atoms with Crippen LogP contribution in [-0.2, 0) is 14.0 Å². The minimum atomic E-state index is -4.02. The number of rotatable bonds is 3. The van der Waals surface area contributed by atoms with Crippen molar-refractivity contribution in [3.05, 3.63) is 0 Å². The maximum atomic E-state index is 11.1. The highest BCUT2D eigenvalue weighted by Gasteiger charge is 2.40. The van der Waals surface area contributed by atoms with Gasteiger partial charge in [-0.3, -0.25) is 0 Å². The molecule has 1 rings (SSSR count). The number of cyclic esters (lactones) is 1. The molecule has 0 N–H and O–H groups in total. The summed E-state index contributed by atoms with van der Waals surface area (Å²) in [5.41, 5.74) is 0. The molecule has 5 nitrogen and oxygen atoms in total. The van der Waals surface area contributed by atoms with Gasteiger partial charge in [0.1, 0.15) is 6.61 Å². The molecule has 0 aliphatic carbocycles. The van der Waals surface area contributed by atoms with Crippen LogP contribution in [0.2, 0.25) is 0 Å². The van der Waals surface area contributed by atoms with E-state index in [2.05, 4.69) is 4.74 Å². The third-order valence-corrected chi connectivity index (χ3v) is 3.25. The topological polar surface area (TPSA) is 63.7 Å². The first-order valence-corrected chi connectivity index (χ1v) is 6.49. The van der Waals surface area contributed by atoms with Crippen LogP contribution in [0.1, 0.15) is 20.3 Å². The summed E-state index contributed by atoms with van der Waals surface area (Å²) in [5.74, 6) is 0.274. The average Bonchev–Trinajstić information content (AvgIpc) is 2.28. The van der Waals surface area contributed by atoms with Crippen LogP contribution in [0.15, 0.2) is 0 Å². The van der Waals surface area contributed by atoms with E-state index >= 15 is 0 Å². The van der Waals surface area contributed by atoms with Crippen LogP contribution >= 0.6 is 10.7 Å². The summed E-state index contributed by atoms with van der Waals surface area (Å²) < 4.78 is 27.3. The van der Waals surface area contributed by atoms with Gasteiger partial charge in [0.2, 0.25) is 0 Å². The number of carbonyl (C=O) groups is 1. The number of nitrogens with zero attached hydrogens (tertiary/aromatic N) is 1. The normalized spacial score (nSPS) is 23.0. The molecule has 0 saturated carbocycles. The van der Waals surface area contributed by atoms with Gasteiger partial charge < -0.3 is 4.74 Å². The summed E-state index contributed by atoms with van der Waals surface area (Å²) in [6.07, 6.45) is -0.330. The lowest BCUT2D eigenvalue weighted by molar-refractivity contribution is 0.170. The fraction of sp³-hybridized carbons (Fsp3) is 0.857. The largest absolute Gasteiger partial charge is 0.446 e. The van der Waals surface area contributed by atoms with Crippen LogP contribution in [0.5, 0.6) is 0 Å². The molecule has 0 aromatic heterocycles. The smallest absolute Gasteiger partial charge is 0.424 e. The predicted molar refractivity (Wildman–Crippen MR) is 51.2 cm³/mol. The van der Waals surface area contributed by atoms with E-state index in [1.807, 2.05) is 13.8 Å². The van der Waals surface area contributed by atoms with E-state index in [0.717, 1.165) is 0 Å². The van der Waals surface area contributed by atoms with Crippen LogP contribution in [-0.4, -0.2) is 31.5 Å². The molecule has 1 aliphatic heterocycles. The molecular weight excluding hydrogens is 230 g/mol. The van der Waals surface area contributed by atoms with Crippen molar-refractivity contribution in [3.8, 4) is 0 Å².